The molecule has 1 fully saturated rings. The zero-order valence-electron chi connectivity index (χ0n) is 15.4. The largest absolute Gasteiger partial charge is 0.492 e. The van der Waals surface area contributed by atoms with E-state index >= 15 is 0 Å². The van der Waals surface area contributed by atoms with E-state index in [4.69, 9.17) is 9.26 Å². The SMILES string of the molecule is CN(C)CCOc1ccc(-c2noc(CC3CCN(C)CC3)n2)cc1. The van der Waals surface area contributed by atoms with Gasteiger partial charge in [0.15, 0.2) is 0 Å². The quantitative estimate of drug-likeness (QED) is 0.769. The summed E-state index contributed by atoms with van der Waals surface area (Å²) in [4.78, 5) is 9.04. The third-order valence-corrected chi connectivity index (χ3v) is 4.69. The highest BCUT2D eigenvalue weighted by molar-refractivity contribution is 5.55. The van der Waals surface area contributed by atoms with Gasteiger partial charge >= 0.3 is 0 Å². The van der Waals surface area contributed by atoms with Gasteiger partial charge in [0.1, 0.15) is 12.4 Å². The van der Waals surface area contributed by atoms with Gasteiger partial charge in [0.25, 0.3) is 0 Å². The Bertz CT molecular complexity index is 646. The highest BCUT2D eigenvalue weighted by Crippen LogP contribution is 2.23. The van der Waals surface area contributed by atoms with Crippen molar-refractivity contribution >= 4 is 0 Å². The molecule has 1 aromatic carbocycles. The smallest absolute Gasteiger partial charge is 0.227 e. The maximum Gasteiger partial charge on any atom is 0.227 e. The first-order valence-corrected chi connectivity index (χ1v) is 8.99. The minimum atomic E-state index is 0.650. The van der Waals surface area contributed by atoms with E-state index in [-0.39, 0.29) is 0 Å². The molecular formula is C19H28N4O2. The summed E-state index contributed by atoms with van der Waals surface area (Å²) < 4.78 is 11.2. The zero-order valence-corrected chi connectivity index (χ0v) is 15.4. The predicted molar refractivity (Wildman–Crippen MR) is 97.7 cm³/mol. The van der Waals surface area contributed by atoms with Crippen LogP contribution < -0.4 is 4.74 Å². The molecule has 0 aliphatic carbocycles. The van der Waals surface area contributed by atoms with Crippen molar-refractivity contribution in [3.8, 4) is 17.1 Å². The lowest BCUT2D eigenvalue weighted by atomic mass is 9.94. The first-order chi connectivity index (χ1) is 12.1. The molecule has 1 aromatic heterocycles. The second kappa shape index (κ2) is 8.45. The molecule has 0 unspecified atom stereocenters. The van der Waals surface area contributed by atoms with E-state index in [1.807, 2.05) is 38.4 Å². The second-order valence-electron chi connectivity index (χ2n) is 7.14. The summed E-state index contributed by atoms with van der Waals surface area (Å²) >= 11 is 0. The lowest BCUT2D eigenvalue weighted by Gasteiger charge is -2.27. The summed E-state index contributed by atoms with van der Waals surface area (Å²) in [5, 5.41) is 4.14. The van der Waals surface area contributed by atoms with E-state index in [0.717, 1.165) is 43.3 Å². The summed E-state index contributed by atoms with van der Waals surface area (Å²) in [5.74, 6) is 2.91. The fraction of sp³-hybridized carbons (Fsp3) is 0.579. The highest BCUT2D eigenvalue weighted by atomic mass is 16.5. The van der Waals surface area contributed by atoms with E-state index in [1.54, 1.807) is 0 Å². The fourth-order valence-electron chi connectivity index (χ4n) is 3.01. The molecule has 1 aliphatic heterocycles. The standard InChI is InChI=1S/C19H28N4O2/c1-22(2)12-13-24-17-6-4-16(5-7-17)19-20-18(25-21-19)14-15-8-10-23(3)11-9-15/h4-7,15H,8-14H2,1-3H3. The summed E-state index contributed by atoms with van der Waals surface area (Å²) in [6.45, 7) is 3.88. The molecule has 1 aliphatic rings. The number of hydrogen-bond acceptors (Lipinski definition) is 6. The lowest BCUT2D eigenvalue weighted by Crippen LogP contribution is -2.30. The van der Waals surface area contributed by atoms with Crippen molar-refractivity contribution in [1.82, 2.24) is 19.9 Å². The molecule has 0 spiro atoms. The molecule has 25 heavy (non-hydrogen) atoms. The van der Waals surface area contributed by atoms with Crippen molar-refractivity contribution < 1.29 is 9.26 Å². The van der Waals surface area contributed by atoms with E-state index in [1.165, 1.54) is 12.8 Å². The van der Waals surface area contributed by atoms with Crippen LogP contribution >= 0.6 is 0 Å². The first-order valence-electron chi connectivity index (χ1n) is 8.99. The summed E-state index contributed by atoms with van der Waals surface area (Å²) in [7, 11) is 6.24. The Hall–Kier alpha value is -1.92. The van der Waals surface area contributed by atoms with Gasteiger partial charge in [-0.25, -0.2) is 0 Å². The summed E-state index contributed by atoms with van der Waals surface area (Å²) in [6.07, 6.45) is 3.28. The molecule has 3 rings (SSSR count). The van der Waals surface area contributed by atoms with Gasteiger partial charge < -0.3 is 19.1 Å². The number of piperidine rings is 1. The van der Waals surface area contributed by atoms with E-state index in [2.05, 4.69) is 27.0 Å². The van der Waals surface area contributed by atoms with E-state index < -0.39 is 0 Å². The Morgan fingerprint density at radius 1 is 1.20 bits per heavy atom. The average Bonchev–Trinajstić information content (AvgIpc) is 3.06. The van der Waals surface area contributed by atoms with Gasteiger partial charge in [-0.05, 0) is 77.3 Å². The molecule has 0 saturated carbocycles. The Morgan fingerprint density at radius 2 is 1.92 bits per heavy atom. The Labute approximate surface area is 149 Å². The molecule has 6 heteroatoms. The van der Waals surface area contributed by atoms with Crippen LogP contribution in [0, 0.1) is 5.92 Å². The van der Waals surface area contributed by atoms with Crippen LogP contribution in [0.5, 0.6) is 5.75 Å². The van der Waals surface area contributed by atoms with Crippen molar-refractivity contribution in [3.63, 3.8) is 0 Å². The van der Waals surface area contributed by atoms with Crippen molar-refractivity contribution in [3.05, 3.63) is 30.2 Å². The molecule has 0 bridgehead atoms. The van der Waals surface area contributed by atoms with Crippen molar-refractivity contribution in [2.75, 3.05) is 47.4 Å². The molecule has 6 nitrogen and oxygen atoms in total. The van der Waals surface area contributed by atoms with Crippen LogP contribution in [0.1, 0.15) is 18.7 Å². The molecule has 0 N–H and O–H groups in total. The minimum absolute atomic E-state index is 0.650. The first kappa shape index (κ1) is 17.9. The number of hydrogen-bond donors (Lipinski definition) is 0. The Kier molecular flexibility index (Phi) is 6.04. The van der Waals surface area contributed by atoms with Crippen molar-refractivity contribution in [2.45, 2.75) is 19.3 Å². The van der Waals surface area contributed by atoms with Crippen LogP contribution in [-0.2, 0) is 6.42 Å². The topological polar surface area (TPSA) is 54.6 Å². The maximum absolute atomic E-state index is 5.71. The van der Waals surface area contributed by atoms with Gasteiger partial charge in [-0.15, -0.1) is 0 Å². The van der Waals surface area contributed by atoms with E-state index in [0.29, 0.717) is 18.3 Å². The fourth-order valence-corrected chi connectivity index (χ4v) is 3.01. The number of likely N-dealkylation sites (tertiary alicyclic amines) is 1. The number of aromatic nitrogens is 2. The molecule has 0 atom stereocenters. The van der Waals surface area contributed by atoms with E-state index in [9.17, 15) is 0 Å². The van der Waals surface area contributed by atoms with Gasteiger partial charge in [-0.2, -0.15) is 4.98 Å². The van der Waals surface area contributed by atoms with Gasteiger partial charge in [0, 0.05) is 18.5 Å². The van der Waals surface area contributed by atoms with Crippen LogP contribution in [0.2, 0.25) is 0 Å². The van der Waals surface area contributed by atoms with Crippen molar-refractivity contribution in [1.29, 1.82) is 0 Å². The van der Waals surface area contributed by atoms with Gasteiger partial charge in [0.05, 0.1) is 0 Å². The van der Waals surface area contributed by atoms with Crippen LogP contribution in [0.4, 0.5) is 0 Å². The molecule has 2 heterocycles. The van der Waals surface area contributed by atoms with Gasteiger partial charge in [-0.3, -0.25) is 0 Å². The Balaban J connectivity index is 1.54. The minimum Gasteiger partial charge on any atom is -0.492 e. The number of nitrogens with zero attached hydrogens (tertiary/aromatic N) is 4. The number of rotatable bonds is 7. The molecule has 0 radical (unpaired) electrons. The third-order valence-electron chi connectivity index (χ3n) is 4.69. The van der Waals surface area contributed by atoms with Crippen molar-refractivity contribution in [2.24, 2.45) is 5.92 Å². The molecular weight excluding hydrogens is 316 g/mol. The van der Waals surface area contributed by atoms with Gasteiger partial charge in [0.2, 0.25) is 11.7 Å². The lowest BCUT2D eigenvalue weighted by molar-refractivity contribution is 0.208. The second-order valence-corrected chi connectivity index (χ2v) is 7.14. The number of likely N-dealkylation sites (N-methyl/N-ethyl adjacent to an activating group) is 1. The number of ether oxygens (including phenoxy) is 1. The van der Waals surface area contributed by atoms with Crippen LogP contribution in [0.25, 0.3) is 11.4 Å². The monoisotopic (exact) mass is 344 g/mol. The van der Waals surface area contributed by atoms with Crippen LogP contribution in [-0.4, -0.2) is 67.3 Å². The van der Waals surface area contributed by atoms with Crippen LogP contribution in [0.3, 0.4) is 0 Å². The van der Waals surface area contributed by atoms with Gasteiger partial charge in [-0.1, -0.05) is 5.16 Å². The average molecular weight is 344 g/mol. The molecule has 136 valence electrons. The maximum atomic E-state index is 5.71. The number of benzene rings is 1. The Morgan fingerprint density at radius 3 is 2.60 bits per heavy atom. The molecule has 1 saturated heterocycles. The molecule has 0 amide bonds. The predicted octanol–water partition coefficient (Wildman–Crippen LogP) is 2.56. The molecule has 2 aromatic rings. The third kappa shape index (κ3) is 5.28. The summed E-state index contributed by atoms with van der Waals surface area (Å²) in [5.41, 5.74) is 0.957. The highest BCUT2D eigenvalue weighted by Gasteiger charge is 2.20. The van der Waals surface area contributed by atoms with Crippen LogP contribution in [0.15, 0.2) is 28.8 Å². The summed E-state index contributed by atoms with van der Waals surface area (Å²) in [6, 6.07) is 7.88. The normalized spacial score (nSPS) is 16.5. The zero-order chi connectivity index (χ0) is 17.6.